The summed E-state index contributed by atoms with van der Waals surface area (Å²) in [6, 6.07) is 17.5. The summed E-state index contributed by atoms with van der Waals surface area (Å²) in [6.07, 6.45) is 6.29. The van der Waals surface area contributed by atoms with E-state index in [1.807, 2.05) is 65.8 Å². The van der Waals surface area contributed by atoms with Crippen LogP contribution in [0, 0.1) is 0 Å². The first kappa shape index (κ1) is 21.9. The first-order valence-electron chi connectivity index (χ1n) is 11.2. The number of nitrogens with zero attached hydrogens (tertiary/aromatic N) is 2. The first-order chi connectivity index (χ1) is 15.6. The number of fused-ring (bicyclic) bond motifs is 1. The standard InChI is InChI=1S/C25H30N4O3/c1-2-3-15-32-21-11-9-20(10-12-21)22-16-23-25(31)28(13-14-29(23)27-22)18-24(30)26-17-19-7-5-4-6-8-19/h4-14,22-23,27H,2-3,15-18H2,1H3,(H,26,30). The second-order valence-electron chi connectivity index (χ2n) is 8.14. The Bertz CT molecular complexity index is 945. The summed E-state index contributed by atoms with van der Waals surface area (Å²) in [7, 11) is 0. The quantitative estimate of drug-likeness (QED) is 0.594. The Balaban J connectivity index is 1.30. The van der Waals surface area contributed by atoms with Crippen molar-refractivity contribution in [3.05, 3.63) is 78.1 Å². The van der Waals surface area contributed by atoms with Crippen LogP contribution in [0.15, 0.2) is 67.0 Å². The van der Waals surface area contributed by atoms with Crippen LogP contribution in [0.25, 0.3) is 0 Å². The van der Waals surface area contributed by atoms with Gasteiger partial charge in [0.05, 0.1) is 12.6 Å². The summed E-state index contributed by atoms with van der Waals surface area (Å²) in [4.78, 5) is 26.8. The molecule has 2 aromatic carbocycles. The lowest BCUT2D eigenvalue weighted by atomic mass is 10.0. The molecular weight excluding hydrogens is 404 g/mol. The normalized spacial score (nSPS) is 19.7. The van der Waals surface area contributed by atoms with Crippen LogP contribution in [0.5, 0.6) is 5.75 Å². The lowest BCUT2D eigenvalue weighted by molar-refractivity contribution is -0.138. The number of nitrogens with one attached hydrogen (secondary N) is 2. The number of amides is 2. The smallest absolute Gasteiger partial charge is 0.251 e. The first-order valence-corrected chi connectivity index (χ1v) is 11.2. The Kier molecular flexibility index (Phi) is 7.07. The molecule has 0 radical (unpaired) electrons. The van der Waals surface area contributed by atoms with Crippen LogP contribution in [0.3, 0.4) is 0 Å². The van der Waals surface area contributed by atoms with Gasteiger partial charge < -0.3 is 20.0 Å². The van der Waals surface area contributed by atoms with Crippen molar-refractivity contribution in [2.45, 2.75) is 44.8 Å². The SMILES string of the molecule is CCCCOc1ccc(C2CC3C(=O)N(CC(=O)NCc4ccccc4)C=CN3N2)cc1. The maximum Gasteiger partial charge on any atom is 0.251 e. The maximum absolute atomic E-state index is 13.0. The third kappa shape index (κ3) is 5.29. The molecule has 168 valence electrons. The van der Waals surface area contributed by atoms with Crippen LogP contribution in [0.1, 0.15) is 43.4 Å². The number of ether oxygens (including phenoxy) is 1. The van der Waals surface area contributed by atoms with Gasteiger partial charge in [-0.15, -0.1) is 0 Å². The lowest BCUT2D eigenvalue weighted by Gasteiger charge is -2.31. The summed E-state index contributed by atoms with van der Waals surface area (Å²) in [5.41, 5.74) is 5.52. The van der Waals surface area contributed by atoms with Crippen molar-refractivity contribution in [2.24, 2.45) is 0 Å². The van der Waals surface area contributed by atoms with Gasteiger partial charge in [0.25, 0.3) is 5.91 Å². The van der Waals surface area contributed by atoms with Crippen LogP contribution in [-0.4, -0.2) is 40.9 Å². The second-order valence-corrected chi connectivity index (χ2v) is 8.14. The zero-order valence-corrected chi connectivity index (χ0v) is 18.4. The van der Waals surface area contributed by atoms with Gasteiger partial charge in [-0.3, -0.25) is 9.59 Å². The summed E-state index contributed by atoms with van der Waals surface area (Å²) in [5, 5.41) is 4.72. The van der Waals surface area contributed by atoms with Gasteiger partial charge in [0.2, 0.25) is 5.91 Å². The highest BCUT2D eigenvalue weighted by Crippen LogP contribution is 2.31. The van der Waals surface area contributed by atoms with E-state index in [4.69, 9.17) is 4.74 Å². The van der Waals surface area contributed by atoms with E-state index in [1.165, 1.54) is 4.90 Å². The highest BCUT2D eigenvalue weighted by atomic mass is 16.5. The van der Waals surface area contributed by atoms with E-state index in [1.54, 1.807) is 6.20 Å². The van der Waals surface area contributed by atoms with E-state index in [9.17, 15) is 9.59 Å². The predicted octanol–water partition coefficient (Wildman–Crippen LogP) is 3.12. The van der Waals surface area contributed by atoms with Gasteiger partial charge >= 0.3 is 0 Å². The molecular formula is C25H30N4O3. The molecule has 0 spiro atoms. The van der Waals surface area contributed by atoms with Crippen LogP contribution >= 0.6 is 0 Å². The van der Waals surface area contributed by atoms with Crippen molar-refractivity contribution in [1.82, 2.24) is 20.7 Å². The van der Waals surface area contributed by atoms with Crippen LogP contribution in [-0.2, 0) is 16.1 Å². The molecule has 2 aromatic rings. The summed E-state index contributed by atoms with van der Waals surface area (Å²) in [6.45, 7) is 3.33. The fourth-order valence-corrected chi connectivity index (χ4v) is 3.92. The average Bonchev–Trinajstić information content (AvgIpc) is 3.26. The van der Waals surface area contributed by atoms with Crippen molar-refractivity contribution in [3.8, 4) is 5.75 Å². The van der Waals surface area contributed by atoms with E-state index in [-0.39, 0.29) is 30.4 Å². The summed E-state index contributed by atoms with van der Waals surface area (Å²) >= 11 is 0. The van der Waals surface area contributed by atoms with Crippen LogP contribution in [0.4, 0.5) is 0 Å². The molecule has 2 heterocycles. The molecule has 4 rings (SSSR count). The summed E-state index contributed by atoms with van der Waals surface area (Å²) in [5.74, 6) is 0.611. The predicted molar refractivity (Wildman–Crippen MR) is 122 cm³/mol. The number of hydrazine groups is 1. The molecule has 2 aliphatic heterocycles. The van der Waals surface area contributed by atoms with Gasteiger partial charge in [-0.2, -0.15) is 0 Å². The number of rotatable bonds is 9. The highest BCUT2D eigenvalue weighted by Gasteiger charge is 2.40. The number of unbranched alkanes of at least 4 members (excludes halogenated alkanes) is 1. The lowest BCUT2D eigenvalue weighted by Crippen LogP contribution is -2.50. The maximum atomic E-state index is 13.0. The molecule has 2 atom stereocenters. The minimum Gasteiger partial charge on any atom is -0.494 e. The number of carbonyl (C=O) groups is 2. The fraction of sp³-hybridized carbons (Fsp3) is 0.360. The molecule has 1 fully saturated rings. The van der Waals surface area contributed by atoms with Gasteiger partial charge in [0.1, 0.15) is 18.3 Å². The molecule has 0 bridgehead atoms. The zero-order valence-electron chi connectivity index (χ0n) is 18.4. The number of hydrogen-bond donors (Lipinski definition) is 2. The molecule has 1 saturated heterocycles. The van der Waals surface area contributed by atoms with Gasteiger partial charge in [-0.1, -0.05) is 55.8 Å². The van der Waals surface area contributed by atoms with E-state index in [0.717, 1.165) is 36.3 Å². The third-order valence-electron chi connectivity index (χ3n) is 5.77. The molecule has 2 aliphatic rings. The summed E-state index contributed by atoms with van der Waals surface area (Å²) < 4.78 is 5.73. The van der Waals surface area contributed by atoms with Crippen molar-refractivity contribution in [1.29, 1.82) is 0 Å². The van der Waals surface area contributed by atoms with E-state index in [0.29, 0.717) is 13.0 Å². The fourth-order valence-electron chi connectivity index (χ4n) is 3.92. The van der Waals surface area contributed by atoms with E-state index < -0.39 is 0 Å². The molecule has 0 aromatic heterocycles. The Labute approximate surface area is 189 Å². The third-order valence-corrected chi connectivity index (χ3v) is 5.77. The zero-order chi connectivity index (χ0) is 22.3. The van der Waals surface area contributed by atoms with Crippen molar-refractivity contribution in [2.75, 3.05) is 13.2 Å². The second kappa shape index (κ2) is 10.3. The number of benzene rings is 2. The molecule has 7 nitrogen and oxygen atoms in total. The van der Waals surface area contributed by atoms with Gasteiger partial charge in [0, 0.05) is 18.9 Å². The van der Waals surface area contributed by atoms with Crippen molar-refractivity contribution >= 4 is 11.8 Å². The van der Waals surface area contributed by atoms with Gasteiger partial charge in [-0.05, 0) is 36.1 Å². The Morgan fingerprint density at radius 2 is 1.91 bits per heavy atom. The van der Waals surface area contributed by atoms with E-state index >= 15 is 0 Å². The van der Waals surface area contributed by atoms with Crippen molar-refractivity contribution < 1.29 is 14.3 Å². The number of hydrogen-bond acceptors (Lipinski definition) is 5. The Hall–Kier alpha value is -3.32. The largest absolute Gasteiger partial charge is 0.494 e. The van der Waals surface area contributed by atoms with Gasteiger partial charge in [-0.25, -0.2) is 5.43 Å². The topological polar surface area (TPSA) is 73.9 Å². The molecule has 0 saturated carbocycles. The van der Waals surface area contributed by atoms with Crippen LogP contribution < -0.4 is 15.5 Å². The molecule has 7 heteroatoms. The molecule has 0 aliphatic carbocycles. The van der Waals surface area contributed by atoms with E-state index in [2.05, 4.69) is 17.7 Å². The molecule has 2 N–H and O–H groups in total. The Morgan fingerprint density at radius 3 is 2.66 bits per heavy atom. The average molecular weight is 435 g/mol. The Morgan fingerprint density at radius 1 is 1.12 bits per heavy atom. The minimum absolute atomic E-state index is 0.0149. The van der Waals surface area contributed by atoms with Crippen LogP contribution in [0.2, 0.25) is 0 Å². The molecule has 32 heavy (non-hydrogen) atoms. The highest BCUT2D eigenvalue weighted by molar-refractivity contribution is 5.89. The monoisotopic (exact) mass is 434 g/mol. The molecule has 2 unspecified atom stereocenters. The van der Waals surface area contributed by atoms with Gasteiger partial charge in [0.15, 0.2) is 0 Å². The minimum atomic E-state index is -0.326. The number of carbonyl (C=O) groups excluding carboxylic acids is 2. The van der Waals surface area contributed by atoms with Crippen molar-refractivity contribution in [3.63, 3.8) is 0 Å². The molecule has 2 amide bonds.